The Labute approximate surface area is 98.1 Å². The third kappa shape index (κ3) is 2.73. The van der Waals surface area contributed by atoms with Crippen LogP contribution in [0, 0.1) is 6.92 Å². The Balaban J connectivity index is 2.81. The first-order valence-corrected chi connectivity index (χ1v) is 5.71. The van der Waals surface area contributed by atoms with Gasteiger partial charge in [0.15, 0.2) is 0 Å². The van der Waals surface area contributed by atoms with Crippen molar-refractivity contribution in [3.05, 3.63) is 16.1 Å². The van der Waals surface area contributed by atoms with E-state index in [1.807, 2.05) is 6.92 Å². The maximum Gasteiger partial charge on any atom is 0.273 e. The van der Waals surface area contributed by atoms with Gasteiger partial charge in [-0.2, -0.15) is 0 Å². The SMILES string of the molecule is Cc1nc(C(=O)N(C)C(C)C(N)=S)cs1. The maximum atomic E-state index is 11.9. The highest BCUT2D eigenvalue weighted by Crippen LogP contribution is 2.11. The summed E-state index contributed by atoms with van der Waals surface area (Å²) in [5.41, 5.74) is 5.93. The summed E-state index contributed by atoms with van der Waals surface area (Å²) in [7, 11) is 1.67. The van der Waals surface area contributed by atoms with Crippen molar-refractivity contribution in [1.29, 1.82) is 0 Å². The molecule has 0 fully saturated rings. The second kappa shape index (κ2) is 4.67. The van der Waals surface area contributed by atoms with E-state index >= 15 is 0 Å². The molecule has 0 aliphatic rings. The van der Waals surface area contributed by atoms with Gasteiger partial charge in [-0.15, -0.1) is 11.3 Å². The molecule has 2 N–H and O–H groups in total. The van der Waals surface area contributed by atoms with Gasteiger partial charge in [0.05, 0.1) is 16.0 Å². The molecule has 1 heterocycles. The van der Waals surface area contributed by atoms with Crippen molar-refractivity contribution < 1.29 is 4.79 Å². The van der Waals surface area contributed by atoms with Gasteiger partial charge in [-0.25, -0.2) is 4.98 Å². The molecule has 1 atom stereocenters. The molecule has 0 aromatic carbocycles. The molecule has 0 aliphatic heterocycles. The van der Waals surface area contributed by atoms with Crippen LogP contribution in [0.5, 0.6) is 0 Å². The zero-order chi connectivity index (χ0) is 11.6. The number of aryl methyl sites for hydroxylation is 1. The summed E-state index contributed by atoms with van der Waals surface area (Å²) in [6, 6.07) is -0.255. The van der Waals surface area contributed by atoms with Crippen molar-refractivity contribution in [3.8, 4) is 0 Å². The highest BCUT2D eigenvalue weighted by atomic mass is 32.1. The molecule has 6 heteroatoms. The van der Waals surface area contributed by atoms with Gasteiger partial charge in [0.25, 0.3) is 5.91 Å². The second-order valence-electron chi connectivity index (χ2n) is 3.25. The van der Waals surface area contributed by atoms with Gasteiger partial charge >= 0.3 is 0 Å². The van der Waals surface area contributed by atoms with E-state index in [1.165, 1.54) is 16.2 Å². The lowest BCUT2D eigenvalue weighted by Gasteiger charge is -2.22. The Morgan fingerprint density at radius 2 is 2.33 bits per heavy atom. The second-order valence-corrected chi connectivity index (χ2v) is 4.78. The van der Waals surface area contributed by atoms with Crippen LogP contribution in [0.3, 0.4) is 0 Å². The topological polar surface area (TPSA) is 59.2 Å². The summed E-state index contributed by atoms with van der Waals surface area (Å²) < 4.78 is 0. The quantitative estimate of drug-likeness (QED) is 0.810. The van der Waals surface area contributed by atoms with Crippen LogP contribution in [-0.2, 0) is 0 Å². The lowest BCUT2D eigenvalue weighted by Crippen LogP contribution is -2.42. The fourth-order valence-corrected chi connectivity index (χ4v) is 1.75. The number of nitrogens with zero attached hydrogens (tertiary/aromatic N) is 2. The van der Waals surface area contributed by atoms with Crippen LogP contribution in [0.2, 0.25) is 0 Å². The molecule has 15 heavy (non-hydrogen) atoms. The zero-order valence-electron chi connectivity index (χ0n) is 8.85. The molecule has 4 nitrogen and oxygen atoms in total. The molecule has 0 saturated heterocycles. The molecule has 1 rings (SSSR count). The summed E-state index contributed by atoms with van der Waals surface area (Å²) in [6.45, 7) is 3.65. The van der Waals surface area contributed by atoms with Gasteiger partial charge in [0.1, 0.15) is 5.69 Å². The number of aromatic nitrogens is 1. The number of carbonyl (C=O) groups is 1. The number of likely N-dealkylation sites (N-methyl/N-ethyl adjacent to an activating group) is 1. The average Bonchev–Trinajstić information content (AvgIpc) is 2.61. The molecular formula is C9H13N3OS2. The van der Waals surface area contributed by atoms with Crippen molar-refractivity contribution in [2.24, 2.45) is 5.73 Å². The number of hydrogen-bond donors (Lipinski definition) is 1. The van der Waals surface area contributed by atoms with E-state index in [9.17, 15) is 4.79 Å². The average molecular weight is 243 g/mol. The molecule has 0 spiro atoms. The van der Waals surface area contributed by atoms with E-state index < -0.39 is 0 Å². The Morgan fingerprint density at radius 3 is 2.73 bits per heavy atom. The number of hydrogen-bond acceptors (Lipinski definition) is 4. The van der Waals surface area contributed by atoms with Gasteiger partial charge in [0, 0.05) is 12.4 Å². The number of nitrogens with two attached hydrogens (primary N) is 1. The smallest absolute Gasteiger partial charge is 0.273 e. The zero-order valence-corrected chi connectivity index (χ0v) is 10.5. The normalized spacial score (nSPS) is 12.2. The van der Waals surface area contributed by atoms with Crippen molar-refractivity contribution in [1.82, 2.24) is 9.88 Å². The Bertz CT molecular complexity index is 388. The fourth-order valence-electron chi connectivity index (χ4n) is 1.01. The van der Waals surface area contributed by atoms with Crippen molar-refractivity contribution in [3.63, 3.8) is 0 Å². The monoisotopic (exact) mass is 243 g/mol. The Hall–Kier alpha value is -1.01. The molecule has 1 aromatic heterocycles. The summed E-state index contributed by atoms with van der Waals surface area (Å²) in [5, 5.41) is 2.61. The molecule has 0 radical (unpaired) electrons. The molecule has 0 aliphatic carbocycles. The number of thiazole rings is 1. The van der Waals surface area contributed by atoms with Gasteiger partial charge in [-0.3, -0.25) is 4.79 Å². The lowest BCUT2D eigenvalue weighted by atomic mass is 10.3. The van der Waals surface area contributed by atoms with Crippen LogP contribution in [0.4, 0.5) is 0 Å². The van der Waals surface area contributed by atoms with E-state index in [0.29, 0.717) is 10.7 Å². The molecule has 82 valence electrons. The van der Waals surface area contributed by atoms with Crippen LogP contribution in [0.1, 0.15) is 22.4 Å². The fraction of sp³-hybridized carbons (Fsp3) is 0.444. The number of rotatable bonds is 3. The van der Waals surface area contributed by atoms with E-state index in [4.69, 9.17) is 18.0 Å². The van der Waals surface area contributed by atoms with Crippen LogP contribution >= 0.6 is 23.6 Å². The third-order valence-corrected chi connectivity index (χ3v) is 3.27. The first kappa shape index (κ1) is 12.1. The lowest BCUT2D eigenvalue weighted by molar-refractivity contribution is 0.0774. The number of thiocarbonyl (C=S) groups is 1. The number of amides is 1. The minimum atomic E-state index is -0.255. The Kier molecular flexibility index (Phi) is 3.76. The first-order chi connectivity index (χ1) is 6.93. The minimum absolute atomic E-state index is 0.153. The Morgan fingerprint density at radius 1 is 1.73 bits per heavy atom. The van der Waals surface area contributed by atoms with E-state index in [-0.39, 0.29) is 11.9 Å². The van der Waals surface area contributed by atoms with E-state index in [2.05, 4.69) is 4.98 Å². The summed E-state index contributed by atoms with van der Waals surface area (Å²) in [5.74, 6) is -0.153. The van der Waals surface area contributed by atoms with Crippen LogP contribution in [0.25, 0.3) is 0 Å². The van der Waals surface area contributed by atoms with Crippen molar-refractivity contribution >= 4 is 34.5 Å². The summed E-state index contributed by atoms with van der Waals surface area (Å²) >= 11 is 6.28. The highest BCUT2D eigenvalue weighted by molar-refractivity contribution is 7.80. The molecule has 0 bridgehead atoms. The van der Waals surface area contributed by atoms with Crippen molar-refractivity contribution in [2.75, 3.05) is 7.05 Å². The first-order valence-electron chi connectivity index (χ1n) is 4.42. The minimum Gasteiger partial charge on any atom is -0.392 e. The predicted molar refractivity (Wildman–Crippen MR) is 65.2 cm³/mol. The molecule has 0 saturated carbocycles. The molecule has 1 aromatic rings. The molecule has 1 amide bonds. The highest BCUT2D eigenvalue weighted by Gasteiger charge is 2.20. The van der Waals surface area contributed by atoms with Gasteiger partial charge in [0.2, 0.25) is 0 Å². The molecule has 1 unspecified atom stereocenters. The van der Waals surface area contributed by atoms with E-state index in [0.717, 1.165) is 5.01 Å². The predicted octanol–water partition coefficient (Wildman–Crippen LogP) is 1.20. The van der Waals surface area contributed by atoms with E-state index in [1.54, 1.807) is 19.4 Å². The third-order valence-electron chi connectivity index (χ3n) is 2.15. The largest absolute Gasteiger partial charge is 0.392 e. The van der Waals surface area contributed by atoms with Crippen LogP contribution in [-0.4, -0.2) is 33.9 Å². The van der Waals surface area contributed by atoms with Crippen molar-refractivity contribution in [2.45, 2.75) is 19.9 Å². The standard InChI is InChI=1S/C9H13N3OS2/c1-5(8(10)14)12(3)9(13)7-4-15-6(2)11-7/h4-5H,1-3H3,(H2,10,14). The number of carbonyl (C=O) groups excluding carboxylic acids is 1. The summed E-state index contributed by atoms with van der Waals surface area (Å²) in [6.07, 6.45) is 0. The summed E-state index contributed by atoms with van der Waals surface area (Å²) in [4.78, 5) is 17.8. The van der Waals surface area contributed by atoms with Gasteiger partial charge in [-0.05, 0) is 13.8 Å². The molecular weight excluding hydrogens is 230 g/mol. The van der Waals surface area contributed by atoms with Crippen LogP contribution in [0.15, 0.2) is 5.38 Å². The maximum absolute atomic E-state index is 11.9. The van der Waals surface area contributed by atoms with Gasteiger partial charge < -0.3 is 10.6 Å². The van der Waals surface area contributed by atoms with Gasteiger partial charge in [-0.1, -0.05) is 12.2 Å². The van der Waals surface area contributed by atoms with Crippen LogP contribution < -0.4 is 5.73 Å².